The molecule has 1 atom stereocenters. The lowest BCUT2D eigenvalue weighted by atomic mass is 9.88. The molecule has 4 heteroatoms. The molecule has 0 amide bonds. The zero-order chi connectivity index (χ0) is 11.7. The molecule has 0 spiro atoms. The molecule has 1 N–H and O–H groups in total. The van der Waals surface area contributed by atoms with Crippen molar-refractivity contribution in [1.29, 1.82) is 0 Å². The Labute approximate surface area is 101 Å². The van der Waals surface area contributed by atoms with Crippen LogP contribution in [0.5, 0.6) is 0 Å². The van der Waals surface area contributed by atoms with Crippen molar-refractivity contribution in [1.82, 2.24) is 10.3 Å². The summed E-state index contributed by atoms with van der Waals surface area (Å²) < 4.78 is 5.28. The quantitative estimate of drug-likeness (QED) is 0.878. The van der Waals surface area contributed by atoms with Gasteiger partial charge in [0.1, 0.15) is 0 Å². The normalized spacial score (nSPS) is 26.5. The zero-order valence-electron chi connectivity index (χ0n) is 10.4. The number of nitrogens with one attached hydrogen (secondary N) is 1. The molecule has 0 aliphatic heterocycles. The summed E-state index contributed by atoms with van der Waals surface area (Å²) in [5.74, 6) is 0. The van der Waals surface area contributed by atoms with E-state index >= 15 is 0 Å². The monoisotopic (exact) mass is 240 g/mol. The van der Waals surface area contributed by atoms with Crippen LogP contribution < -0.4 is 5.32 Å². The van der Waals surface area contributed by atoms with Crippen LogP contribution in [-0.2, 0) is 4.74 Å². The van der Waals surface area contributed by atoms with Gasteiger partial charge in [0.15, 0.2) is 0 Å². The number of aryl methyl sites for hydroxylation is 2. The summed E-state index contributed by atoms with van der Waals surface area (Å²) in [5.41, 5.74) is 1.21. The third-order valence-corrected chi connectivity index (χ3v) is 4.17. The molecule has 90 valence electrons. The number of hydrogen-bond acceptors (Lipinski definition) is 4. The second-order valence-electron chi connectivity index (χ2n) is 4.59. The van der Waals surface area contributed by atoms with Gasteiger partial charge in [-0.15, -0.1) is 11.3 Å². The third-order valence-electron chi connectivity index (χ3n) is 3.26. The highest BCUT2D eigenvalue weighted by Gasteiger charge is 2.30. The lowest BCUT2D eigenvalue weighted by molar-refractivity contribution is 0.0146. The zero-order valence-corrected chi connectivity index (χ0v) is 11.2. The van der Waals surface area contributed by atoms with E-state index in [1.165, 1.54) is 10.6 Å². The van der Waals surface area contributed by atoms with Crippen LogP contribution >= 0.6 is 11.3 Å². The molecule has 1 aliphatic carbocycles. The highest BCUT2D eigenvalue weighted by Crippen LogP contribution is 2.27. The van der Waals surface area contributed by atoms with Gasteiger partial charge < -0.3 is 10.1 Å². The minimum Gasteiger partial charge on any atom is -0.381 e. The Morgan fingerprint density at radius 3 is 2.62 bits per heavy atom. The van der Waals surface area contributed by atoms with Crippen molar-refractivity contribution in [2.24, 2.45) is 0 Å². The smallest absolute Gasteiger partial charge is 0.0900 e. The average Bonchev–Trinajstić information content (AvgIpc) is 2.50. The Bertz CT molecular complexity index is 358. The van der Waals surface area contributed by atoms with Crippen LogP contribution in [-0.4, -0.2) is 24.2 Å². The summed E-state index contributed by atoms with van der Waals surface area (Å²) in [5, 5.41) is 4.77. The number of aromatic nitrogens is 1. The van der Waals surface area contributed by atoms with Crippen LogP contribution in [0.25, 0.3) is 0 Å². The number of nitrogens with zero attached hydrogens (tertiary/aromatic N) is 1. The fraction of sp³-hybridized carbons (Fsp3) is 0.750. The molecule has 0 radical (unpaired) electrons. The van der Waals surface area contributed by atoms with Crippen LogP contribution in [0.4, 0.5) is 0 Å². The van der Waals surface area contributed by atoms with E-state index in [1.54, 1.807) is 18.4 Å². The molecule has 16 heavy (non-hydrogen) atoms. The molecular weight excluding hydrogens is 220 g/mol. The summed E-state index contributed by atoms with van der Waals surface area (Å²) >= 11 is 1.78. The maximum Gasteiger partial charge on any atom is 0.0900 e. The van der Waals surface area contributed by atoms with E-state index in [1.807, 2.05) is 0 Å². The molecule has 1 unspecified atom stereocenters. The number of thiazole rings is 1. The van der Waals surface area contributed by atoms with E-state index in [2.05, 4.69) is 31.1 Å². The molecule has 1 aromatic rings. The van der Waals surface area contributed by atoms with Crippen molar-refractivity contribution in [3.05, 3.63) is 15.6 Å². The van der Waals surface area contributed by atoms with Crippen LogP contribution in [0, 0.1) is 13.8 Å². The van der Waals surface area contributed by atoms with E-state index in [-0.39, 0.29) is 0 Å². The molecule has 1 aromatic heterocycles. The molecule has 2 rings (SSSR count). The maximum atomic E-state index is 5.28. The van der Waals surface area contributed by atoms with Gasteiger partial charge in [-0.25, -0.2) is 4.98 Å². The van der Waals surface area contributed by atoms with Gasteiger partial charge >= 0.3 is 0 Å². The topological polar surface area (TPSA) is 34.1 Å². The molecular formula is C12H20N2OS. The van der Waals surface area contributed by atoms with Crippen molar-refractivity contribution < 1.29 is 4.74 Å². The lowest BCUT2D eigenvalue weighted by Gasteiger charge is -2.36. The first-order valence-electron chi connectivity index (χ1n) is 5.83. The second kappa shape index (κ2) is 4.82. The van der Waals surface area contributed by atoms with E-state index in [4.69, 9.17) is 4.74 Å². The first-order valence-corrected chi connectivity index (χ1v) is 6.64. The van der Waals surface area contributed by atoms with Crippen molar-refractivity contribution >= 4 is 11.3 Å². The minimum absolute atomic E-state index is 0.354. The van der Waals surface area contributed by atoms with Gasteiger partial charge in [0, 0.05) is 24.1 Å². The van der Waals surface area contributed by atoms with Crippen LogP contribution in [0.2, 0.25) is 0 Å². The van der Waals surface area contributed by atoms with E-state index in [0.29, 0.717) is 18.2 Å². The van der Waals surface area contributed by atoms with Crippen molar-refractivity contribution in [3.63, 3.8) is 0 Å². The number of methoxy groups -OCH3 is 1. The number of ether oxygens (including phenoxy) is 1. The molecule has 0 aromatic carbocycles. The maximum absolute atomic E-state index is 5.28. The highest BCUT2D eigenvalue weighted by atomic mass is 32.1. The molecule has 3 nitrogen and oxygen atoms in total. The second-order valence-corrected chi connectivity index (χ2v) is 6.00. The van der Waals surface area contributed by atoms with Crippen molar-refractivity contribution in [3.8, 4) is 0 Å². The fourth-order valence-corrected chi connectivity index (χ4v) is 3.19. The van der Waals surface area contributed by atoms with Gasteiger partial charge in [0.05, 0.1) is 16.8 Å². The fourth-order valence-electron chi connectivity index (χ4n) is 2.27. The lowest BCUT2D eigenvalue weighted by Crippen LogP contribution is -2.46. The molecule has 1 saturated carbocycles. The largest absolute Gasteiger partial charge is 0.381 e. The highest BCUT2D eigenvalue weighted by molar-refractivity contribution is 7.11. The third kappa shape index (κ3) is 2.44. The van der Waals surface area contributed by atoms with Crippen LogP contribution in [0.3, 0.4) is 0 Å². The molecule has 1 heterocycles. The Morgan fingerprint density at radius 2 is 2.12 bits per heavy atom. The van der Waals surface area contributed by atoms with Gasteiger partial charge in [-0.3, -0.25) is 0 Å². The van der Waals surface area contributed by atoms with Gasteiger partial charge in [0.25, 0.3) is 0 Å². The number of rotatable bonds is 4. The summed E-state index contributed by atoms with van der Waals surface area (Å²) in [6.45, 7) is 6.41. The summed E-state index contributed by atoms with van der Waals surface area (Å²) in [6.07, 6.45) is 2.72. The van der Waals surface area contributed by atoms with Crippen molar-refractivity contribution in [2.75, 3.05) is 7.11 Å². The molecule has 0 bridgehead atoms. The van der Waals surface area contributed by atoms with Gasteiger partial charge in [-0.05, 0) is 33.6 Å². The average molecular weight is 240 g/mol. The van der Waals surface area contributed by atoms with E-state index in [0.717, 1.165) is 17.8 Å². The molecule has 0 saturated heterocycles. The Hall–Kier alpha value is -0.450. The van der Waals surface area contributed by atoms with E-state index < -0.39 is 0 Å². The molecule has 1 fully saturated rings. The summed E-state index contributed by atoms with van der Waals surface area (Å²) in [4.78, 5) is 5.92. The summed E-state index contributed by atoms with van der Waals surface area (Å²) in [6, 6.07) is 0.953. The standard InChI is InChI=1S/C12H20N2OS/c1-7(12-8(2)16-9(3)14-12)13-10-5-11(6-10)15-4/h7,10-11,13H,5-6H2,1-4H3. The number of hydrogen-bond donors (Lipinski definition) is 1. The predicted molar refractivity (Wildman–Crippen MR) is 67.0 cm³/mol. The van der Waals surface area contributed by atoms with Crippen molar-refractivity contribution in [2.45, 2.75) is 51.8 Å². The molecule has 1 aliphatic rings. The Kier molecular flexibility index (Phi) is 3.62. The van der Waals surface area contributed by atoms with Gasteiger partial charge in [0.2, 0.25) is 0 Å². The SMILES string of the molecule is COC1CC(NC(C)c2nc(C)sc2C)C1. The Balaban J connectivity index is 1.89. The predicted octanol–water partition coefficient (Wildman–Crippen LogP) is 2.59. The first kappa shape index (κ1) is 12.0. The van der Waals surface area contributed by atoms with E-state index in [9.17, 15) is 0 Å². The van der Waals surface area contributed by atoms with Gasteiger partial charge in [-0.1, -0.05) is 0 Å². The minimum atomic E-state index is 0.354. The summed E-state index contributed by atoms with van der Waals surface area (Å²) in [7, 11) is 1.79. The van der Waals surface area contributed by atoms with Crippen LogP contribution in [0.15, 0.2) is 0 Å². The van der Waals surface area contributed by atoms with Crippen LogP contribution in [0.1, 0.15) is 41.4 Å². The first-order chi connectivity index (χ1) is 7.60. The van der Waals surface area contributed by atoms with Gasteiger partial charge in [-0.2, -0.15) is 0 Å². The Morgan fingerprint density at radius 1 is 1.44 bits per heavy atom.